The number of rotatable bonds is 8. The Hall–Kier alpha value is -2.83. The Balaban J connectivity index is 1.23. The first kappa shape index (κ1) is 27.7. The maximum atomic E-state index is 13.0. The maximum absolute atomic E-state index is 13.0. The molecule has 2 saturated heterocycles. The molecule has 3 aromatic heterocycles. The highest BCUT2D eigenvalue weighted by Gasteiger charge is 2.42. The number of nitrogen functional groups attached to an aromatic ring is 1. The molecule has 0 spiro atoms. The van der Waals surface area contributed by atoms with Gasteiger partial charge in [0.25, 0.3) is 11.1 Å². The number of aryl methyl sites for hydroxylation is 1. The fourth-order valence-electron chi connectivity index (χ4n) is 4.51. The van der Waals surface area contributed by atoms with E-state index in [0.29, 0.717) is 0 Å². The summed E-state index contributed by atoms with van der Waals surface area (Å²) in [5.41, 5.74) is 4.34. The van der Waals surface area contributed by atoms with Gasteiger partial charge in [-0.3, -0.25) is 37.7 Å². The Morgan fingerprint density at radius 3 is 2.64 bits per heavy atom. The molecule has 5 rings (SSSR count). The molecule has 0 radical (unpaired) electrons. The lowest BCUT2D eigenvalue weighted by Gasteiger charge is -2.22. The van der Waals surface area contributed by atoms with Crippen molar-refractivity contribution in [2.24, 2.45) is 0 Å². The first-order valence-corrected chi connectivity index (χ1v) is 14.4. The van der Waals surface area contributed by atoms with Crippen LogP contribution in [0.25, 0.3) is 11.2 Å². The van der Waals surface area contributed by atoms with Crippen molar-refractivity contribution in [2.45, 2.75) is 56.6 Å². The average Bonchev–Trinajstić information content (AvgIpc) is 3.56. The molecule has 17 nitrogen and oxygen atoms in total. The molecule has 0 bridgehead atoms. The smallest absolute Gasteiger partial charge is 0.386 e. The number of aliphatic hydroxyl groups is 2. The number of anilines is 1. The number of fused-ring (bicyclic) bond motifs is 1. The summed E-state index contributed by atoms with van der Waals surface area (Å²) in [5.74, 6) is -0.119. The van der Waals surface area contributed by atoms with Gasteiger partial charge in [-0.2, -0.15) is 4.98 Å². The van der Waals surface area contributed by atoms with E-state index in [9.17, 15) is 29.2 Å². The van der Waals surface area contributed by atoms with Crippen LogP contribution in [-0.2, 0) is 23.1 Å². The first-order valence-electron chi connectivity index (χ1n) is 11.8. The van der Waals surface area contributed by atoms with Gasteiger partial charge >= 0.3 is 12.5 Å². The number of ether oxygens (including phenoxy) is 2. The second kappa shape index (κ2) is 10.6. The summed E-state index contributed by atoms with van der Waals surface area (Å²) in [4.78, 5) is 48.5. The Labute approximate surface area is 223 Å². The van der Waals surface area contributed by atoms with E-state index in [4.69, 9.17) is 24.3 Å². The van der Waals surface area contributed by atoms with E-state index in [-0.39, 0.29) is 35.5 Å². The molecular weight excluding hydrogens is 561 g/mol. The van der Waals surface area contributed by atoms with Crippen LogP contribution in [0.5, 0.6) is 0 Å². The molecule has 6 N–H and O–H groups in total. The van der Waals surface area contributed by atoms with Gasteiger partial charge in [-0.15, -0.1) is 0 Å². The Morgan fingerprint density at radius 1 is 1.18 bits per heavy atom. The number of H-pyrrole nitrogens is 2. The lowest BCUT2D eigenvalue weighted by molar-refractivity contribution is -0.0498. The SMILES string of the molecule is Cc1cn([C@H]2C[C@@H](O)C(CO[P@](=O)(S)O[C@@H]3C[C@H](n4cnc5c(=O)[nH]c(N)nc54)OC3CO)O2)c(=O)[nH]c1=O. The van der Waals surface area contributed by atoms with Gasteiger partial charge in [-0.05, 0) is 6.92 Å². The molecule has 39 heavy (non-hydrogen) atoms. The molecule has 2 aliphatic heterocycles. The fourth-order valence-corrected chi connectivity index (χ4v) is 6.03. The van der Waals surface area contributed by atoms with Crippen LogP contribution in [0, 0.1) is 6.92 Å². The Kier molecular flexibility index (Phi) is 7.55. The van der Waals surface area contributed by atoms with Crippen LogP contribution >= 0.6 is 19.0 Å². The number of nitrogens with one attached hydrogen (secondary N) is 2. The molecule has 5 heterocycles. The molecule has 0 aromatic carbocycles. The molecule has 0 saturated carbocycles. The van der Waals surface area contributed by atoms with E-state index in [2.05, 4.69) is 32.2 Å². The highest BCUT2D eigenvalue weighted by atomic mass is 32.7. The Morgan fingerprint density at radius 2 is 1.90 bits per heavy atom. The van der Waals surface area contributed by atoms with Crippen LogP contribution in [0.4, 0.5) is 5.95 Å². The highest BCUT2D eigenvalue weighted by Crippen LogP contribution is 2.56. The number of aromatic amines is 2. The van der Waals surface area contributed by atoms with E-state index in [1.165, 1.54) is 24.0 Å². The number of imidazole rings is 1. The standard InChI is InChI=1S/C20H26N7O10PS/c1-8-4-26(20(32)25-17(8)30)13-2-9(29)12(36-13)6-34-38(33,39)37-10-3-14(35-11(10)5-28)27-7-22-15-16(27)23-19(21)24-18(15)31/h4,7,9-14,28-29H,2-3,5-6H2,1H3,(H,33,39)(H,25,30,32)(H3,21,23,24,31)/t9-,10-,11?,12?,13-,14-,38+/m1/s1. The summed E-state index contributed by atoms with van der Waals surface area (Å²) < 4.78 is 38.1. The van der Waals surface area contributed by atoms with Gasteiger partial charge in [0.05, 0.1) is 25.6 Å². The lowest BCUT2D eigenvalue weighted by Crippen LogP contribution is -2.33. The van der Waals surface area contributed by atoms with Crippen LogP contribution in [0.15, 0.2) is 26.9 Å². The van der Waals surface area contributed by atoms with Gasteiger partial charge in [0.1, 0.15) is 30.8 Å². The van der Waals surface area contributed by atoms with Crippen molar-refractivity contribution in [2.75, 3.05) is 18.9 Å². The van der Waals surface area contributed by atoms with Crippen molar-refractivity contribution in [3.05, 3.63) is 49.3 Å². The van der Waals surface area contributed by atoms with E-state index < -0.39 is 73.7 Å². The molecule has 0 amide bonds. The summed E-state index contributed by atoms with van der Waals surface area (Å²) >= 11 is 4.02. The van der Waals surface area contributed by atoms with Gasteiger partial charge < -0.3 is 25.4 Å². The van der Waals surface area contributed by atoms with Crippen molar-refractivity contribution in [3.8, 4) is 0 Å². The summed E-state index contributed by atoms with van der Waals surface area (Å²) in [6.45, 7) is -3.44. The minimum atomic E-state index is -4.07. The van der Waals surface area contributed by atoms with Crippen molar-refractivity contribution >= 4 is 36.2 Å². The first-order chi connectivity index (χ1) is 18.5. The quantitative estimate of drug-likeness (QED) is 0.136. The largest absolute Gasteiger partial charge is 0.394 e. The van der Waals surface area contributed by atoms with Gasteiger partial charge in [-0.1, -0.05) is 12.2 Å². The monoisotopic (exact) mass is 587 g/mol. The van der Waals surface area contributed by atoms with Crippen LogP contribution in [-0.4, -0.2) is 76.9 Å². The van der Waals surface area contributed by atoms with E-state index in [1.54, 1.807) is 0 Å². The molecular formula is C20H26N7O10PS. The number of nitrogens with two attached hydrogens (primary N) is 1. The number of aliphatic hydroxyl groups excluding tert-OH is 2. The van der Waals surface area contributed by atoms with Crippen molar-refractivity contribution in [3.63, 3.8) is 0 Å². The van der Waals surface area contributed by atoms with Crippen LogP contribution in [0.1, 0.15) is 30.9 Å². The number of hydrogen-bond acceptors (Lipinski definition) is 13. The minimum absolute atomic E-state index is 0.0160. The summed E-state index contributed by atoms with van der Waals surface area (Å²) in [6, 6.07) is 0. The zero-order valence-electron chi connectivity index (χ0n) is 20.4. The third-order valence-corrected chi connectivity index (χ3v) is 8.09. The molecule has 7 atom stereocenters. The van der Waals surface area contributed by atoms with Gasteiger partial charge in [0.2, 0.25) is 5.95 Å². The van der Waals surface area contributed by atoms with Gasteiger partial charge in [0.15, 0.2) is 11.2 Å². The second-order valence-corrected chi connectivity index (χ2v) is 12.0. The molecule has 19 heteroatoms. The molecule has 2 fully saturated rings. The summed E-state index contributed by atoms with van der Waals surface area (Å²) in [7, 11) is 0. The van der Waals surface area contributed by atoms with Crippen molar-refractivity contribution in [1.82, 2.24) is 29.1 Å². The number of nitrogens with zero attached hydrogens (tertiary/aromatic N) is 4. The lowest BCUT2D eigenvalue weighted by atomic mass is 10.2. The number of aromatic nitrogens is 6. The summed E-state index contributed by atoms with van der Waals surface area (Å²) in [6.07, 6.45) is -2.87. The molecule has 0 aliphatic carbocycles. The topological polar surface area (TPSA) is 239 Å². The predicted molar refractivity (Wildman–Crippen MR) is 136 cm³/mol. The van der Waals surface area contributed by atoms with Crippen molar-refractivity contribution in [1.29, 1.82) is 0 Å². The second-order valence-electron chi connectivity index (χ2n) is 9.14. The Bertz CT molecular complexity index is 1600. The summed E-state index contributed by atoms with van der Waals surface area (Å²) in [5, 5.41) is 20.2. The molecule has 3 aromatic rings. The van der Waals surface area contributed by atoms with Gasteiger partial charge in [-0.25, -0.2) is 14.3 Å². The van der Waals surface area contributed by atoms with Crippen LogP contribution < -0.4 is 22.5 Å². The maximum Gasteiger partial charge on any atom is 0.386 e. The average molecular weight is 588 g/mol. The molecule has 2 unspecified atom stereocenters. The third-order valence-electron chi connectivity index (χ3n) is 6.45. The zero-order chi connectivity index (χ0) is 28.1. The zero-order valence-corrected chi connectivity index (χ0v) is 22.2. The van der Waals surface area contributed by atoms with E-state index >= 15 is 0 Å². The normalized spacial score (nSPS) is 28.7. The van der Waals surface area contributed by atoms with E-state index in [0.717, 1.165) is 4.57 Å². The number of thiol groups is 1. The van der Waals surface area contributed by atoms with Crippen LogP contribution in [0.3, 0.4) is 0 Å². The molecule has 2 aliphatic rings. The minimum Gasteiger partial charge on any atom is -0.394 e. The van der Waals surface area contributed by atoms with E-state index in [1.807, 2.05) is 0 Å². The van der Waals surface area contributed by atoms with Gasteiger partial charge in [0, 0.05) is 24.6 Å². The molecule has 212 valence electrons. The van der Waals surface area contributed by atoms with Crippen LogP contribution in [0.2, 0.25) is 0 Å². The third kappa shape index (κ3) is 5.59. The highest BCUT2D eigenvalue weighted by molar-refractivity contribution is 8.44. The predicted octanol–water partition coefficient (Wildman–Crippen LogP) is -1.07. The number of hydrogen-bond donors (Lipinski definition) is 6. The fraction of sp³-hybridized carbons (Fsp3) is 0.550. The van der Waals surface area contributed by atoms with Crippen molar-refractivity contribution < 1.29 is 33.3 Å².